The lowest BCUT2D eigenvalue weighted by molar-refractivity contribution is -0.123. The SMILES string of the molecule is CC(C)NC(=O)NC(=O)COC(=O)c1cc(-c2ccccc2)n[nH]1. The van der Waals surface area contributed by atoms with E-state index >= 15 is 0 Å². The van der Waals surface area contributed by atoms with Gasteiger partial charge in [0.15, 0.2) is 6.61 Å². The molecule has 8 nitrogen and oxygen atoms in total. The number of hydrogen-bond acceptors (Lipinski definition) is 5. The largest absolute Gasteiger partial charge is 0.451 e. The lowest BCUT2D eigenvalue weighted by Crippen LogP contribution is -2.44. The van der Waals surface area contributed by atoms with Crippen LogP contribution in [0.5, 0.6) is 0 Å². The minimum atomic E-state index is -0.732. The summed E-state index contributed by atoms with van der Waals surface area (Å²) in [7, 11) is 0. The molecule has 0 spiro atoms. The van der Waals surface area contributed by atoms with Crippen LogP contribution in [0.2, 0.25) is 0 Å². The summed E-state index contributed by atoms with van der Waals surface area (Å²) in [5, 5.41) is 11.1. The molecule has 0 aliphatic heterocycles. The molecule has 2 aromatic rings. The highest BCUT2D eigenvalue weighted by Gasteiger charge is 2.15. The van der Waals surface area contributed by atoms with Crippen molar-refractivity contribution in [3.63, 3.8) is 0 Å². The second-order valence-electron chi connectivity index (χ2n) is 5.29. The molecule has 0 fully saturated rings. The molecule has 2 rings (SSSR count). The smallest absolute Gasteiger partial charge is 0.356 e. The van der Waals surface area contributed by atoms with E-state index in [2.05, 4.69) is 20.8 Å². The summed E-state index contributed by atoms with van der Waals surface area (Å²) in [6, 6.07) is 10.1. The predicted molar refractivity (Wildman–Crippen MR) is 86.1 cm³/mol. The van der Waals surface area contributed by atoms with E-state index in [1.54, 1.807) is 13.8 Å². The van der Waals surface area contributed by atoms with Crippen molar-refractivity contribution in [1.82, 2.24) is 20.8 Å². The van der Waals surface area contributed by atoms with Crippen LogP contribution in [0.3, 0.4) is 0 Å². The number of benzene rings is 1. The molecule has 0 atom stereocenters. The number of rotatable bonds is 5. The Kier molecular flexibility index (Phi) is 5.67. The molecular weight excluding hydrogens is 312 g/mol. The molecule has 1 aromatic heterocycles. The molecule has 0 bridgehead atoms. The Bertz CT molecular complexity index is 725. The third-order valence-electron chi connectivity index (χ3n) is 2.87. The van der Waals surface area contributed by atoms with Gasteiger partial charge in [-0.25, -0.2) is 9.59 Å². The third kappa shape index (κ3) is 4.94. The highest BCUT2D eigenvalue weighted by Crippen LogP contribution is 2.17. The number of hydrogen-bond donors (Lipinski definition) is 3. The van der Waals surface area contributed by atoms with Gasteiger partial charge in [0.1, 0.15) is 5.69 Å². The molecule has 126 valence electrons. The lowest BCUT2D eigenvalue weighted by Gasteiger charge is -2.09. The number of amides is 3. The van der Waals surface area contributed by atoms with Crippen LogP contribution in [-0.4, -0.2) is 40.8 Å². The highest BCUT2D eigenvalue weighted by atomic mass is 16.5. The Morgan fingerprint density at radius 1 is 1.21 bits per heavy atom. The second kappa shape index (κ2) is 7.91. The van der Waals surface area contributed by atoms with Crippen LogP contribution in [0, 0.1) is 0 Å². The first-order valence-corrected chi connectivity index (χ1v) is 7.34. The summed E-state index contributed by atoms with van der Waals surface area (Å²) in [5.74, 6) is -1.45. The molecule has 0 aliphatic rings. The Balaban J connectivity index is 1.86. The minimum absolute atomic E-state index is 0.109. The Morgan fingerprint density at radius 2 is 1.92 bits per heavy atom. The lowest BCUT2D eigenvalue weighted by atomic mass is 10.1. The Labute approximate surface area is 138 Å². The number of carbonyl (C=O) groups is 3. The molecule has 0 radical (unpaired) electrons. The van der Waals surface area contributed by atoms with Crippen LogP contribution in [0.25, 0.3) is 11.3 Å². The van der Waals surface area contributed by atoms with Crippen LogP contribution in [0.1, 0.15) is 24.3 Å². The Hall–Kier alpha value is -3.16. The zero-order valence-corrected chi connectivity index (χ0v) is 13.3. The van der Waals surface area contributed by atoms with Crippen molar-refractivity contribution in [2.24, 2.45) is 0 Å². The van der Waals surface area contributed by atoms with Gasteiger partial charge in [0.2, 0.25) is 0 Å². The average Bonchev–Trinajstić information content (AvgIpc) is 3.02. The van der Waals surface area contributed by atoms with Crippen LogP contribution < -0.4 is 10.6 Å². The van der Waals surface area contributed by atoms with E-state index in [1.807, 2.05) is 30.3 Å². The minimum Gasteiger partial charge on any atom is -0.451 e. The highest BCUT2D eigenvalue weighted by molar-refractivity contribution is 5.96. The van der Waals surface area contributed by atoms with Crippen LogP contribution in [-0.2, 0) is 9.53 Å². The molecule has 3 amide bonds. The molecule has 0 unspecified atom stereocenters. The molecule has 0 aliphatic carbocycles. The number of nitrogens with one attached hydrogen (secondary N) is 3. The fourth-order valence-electron chi connectivity index (χ4n) is 1.85. The van der Waals surface area contributed by atoms with Crippen molar-refractivity contribution < 1.29 is 19.1 Å². The molecule has 0 saturated heterocycles. The van der Waals surface area contributed by atoms with E-state index in [0.29, 0.717) is 5.69 Å². The van der Waals surface area contributed by atoms with Crippen LogP contribution in [0.15, 0.2) is 36.4 Å². The molecule has 1 aromatic carbocycles. The van der Waals surface area contributed by atoms with Gasteiger partial charge >= 0.3 is 12.0 Å². The van der Waals surface area contributed by atoms with Gasteiger partial charge in [0.25, 0.3) is 5.91 Å². The molecule has 1 heterocycles. The monoisotopic (exact) mass is 330 g/mol. The number of imide groups is 1. The van der Waals surface area contributed by atoms with Gasteiger partial charge in [0, 0.05) is 11.6 Å². The first kappa shape index (κ1) is 17.2. The first-order chi connectivity index (χ1) is 11.5. The Morgan fingerprint density at radius 3 is 2.58 bits per heavy atom. The molecule has 24 heavy (non-hydrogen) atoms. The van der Waals surface area contributed by atoms with E-state index in [4.69, 9.17) is 4.74 Å². The van der Waals surface area contributed by atoms with Gasteiger partial charge in [-0.3, -0.25) is 15.2 Å². The van der Waals surface area contributed by atoms with Gasteiger partial charge in [-0.15, -0.1) is 0 Å². The number of carbonyl (C=O) groups excluding carboxylic acids is 3. The molecular formula is C16H18N4O4. The fraction of sp³-hybridized carbons (Fsp3) is 0.250. The standard InChI is InChI=1S/C16H18N4O4/c1-10(2)17-16(23)18-14(21)9-24-15(22)13-8-12(19-20-13)11-6-4-3-5-7-11/h3-8,10H,9H2,1-2H3,(H,19,20)(H2,17,18,21,23). The number of H-pyrrole nitrogens is 1. The van der Waals surface area contributed by atoms with Gasteiger partial charge in [-0.2, -0.15) is 5.10 Å². The van der Waals surface area contributed by atoms with Crippen molar-refractivity contribution in [3.05, 3.63) is 42.1 Å². The van der Waals surface area contributed by atoms with Crippen molar-refractivity contribution in [3.8, 4) is 11.3 Å². The predicted octanol–water partition coefficient (Wildman–Crippen LogP) is 1.47. The third-order valence-corrected chi connectivity index (χ3v) is 2.87. The number of aromatic amines is 1. The van der Waals surface area contributed by atoms with E-state index in [1.165, 1.54) is 6.07 Å². The summed E-state index contributed by atoms with van der Waals surface area (Å²) < 4.78 is 4.84. The molecule has 3 N–H and O–H groups in total. The summed E-state index contributed by atoms with van der Waals surface area (Å²) in [5.41, 5.74) is 1.55. The zero-order valence-electron chi connectivity index (χ0n) is 13.3. The topological polar surface area (TPSA) is 113 Å². The summed E-state index contributed by atoms with van der Waals surface area (Å²) in [6.07, 6.45) is 0. The fourth-order valence-corrected chi connectivity index (χ4v) is 1.85. The zero-order chi connectivity index (χ0) is 17.5. The van der Waals surface area contributed by atoms with E-state index < -0.39 is 24.5 Å². The second-order valence-corrected chi connectivity index (χ2v) is 5.29. The van der Waals surface area contributed by atoms with Gasteiger partial charge < -0.3 is 10.1 Å². The van der Waals surface area contributed by atoms with Gasteiger partial charge in [0.05, 0.1) is 5.69 Å². The summed E-state index contributed by atoms with van der Waals surface area (Å²) in [4.78, 5) is 34.7. The normalized spacial score (nSPS) is 10.3. The van der Waals surface area contributed by atoms with Gasteiger partial charge in [-0.1, -0.05) is 30.3 Å². The maximum Gasteiger partial charge on any atom is 0.356 e. The first-order valence-electron chi connectivity index (χ1n) is 7.34. The van der Waals surface area contributed by atoms with Gasteiger partial charge in [-0.05, 0) is 19.9 Å². The molecule has 0 saturated carbocycles. The number of esters is 1. The number of nitrogens with zero attached hydrogens (tertiary/aromatic N) is 1. The number of ether oxygens (including phenoxy) is 1. The maximum absolute atomic E-state index is 11.9. The summed E-state index contributed by atoms with van der Waals surface area (Å²) in [6.45, 7) is 2.95. The van der Waals surface area contributed by atoms with Crippen molar-refractivity contribution in [1.29, 1.82) is 0 Å². The van der Waals surface area contributed by atoms with Crippen LogP contribution >= 0.6 is 0 Å². The van der Waals surface area contributed by atoms with Crippen molar-refractivity contribution in [2.75, 3.05) is 6.61 Å². The van der Waals surface area contributed by atoms with Crippen molar-refractivity contribution in [2.45, 2.75) is 19.9 Å². The van der Waals surface area contributed by atoms with Crippen LogP contribution in [0.4, 0.5) is 4.79 Å². The maximum atomic E-state index is 11.9. The number of urea groups is 1. The van der Waals surface area contributed by atoms with E-state index in [-0.39, 0.29) is 11.7 Å². The quantitative estimate of drug-likeness (QED) is 0.718. The van der Waals surface area contributed by atoms with E-state index in [9.17, 15) is 14.4 Å². The number of aromatic nitrogens is 2. The summed E-state index contributed by atoms with van der Waals surface area (Å²) >= 11 is 0. The van der Waals surface area contributed by atoms with Crippen molar-refractivity contribution >= 4 is 17.9 Å². The van der Waals surface area contributed by atoms with E-state index in [0.717, 1.165) is 5.56 Å². The molecule has 8 heteroatoms. The average molecular weight is 330 g/mol.